The summed E-state index contributed by atoms with van der Waals surface area (Å²) < 4.78 is 0. The van der Waals surface area contributed by atoms with Crippen molar-refractivity contribution in [3.05, 3.63) is 41.3 Å². The average Bonchev–Trinajstić information content (AvgIpc) is 3.22. The van der Waals surface area contributed by atoms with E-state index in [-0.39, 0.29) is 0 Å². The summed E-state index contributed by atoms with van der Waals surface area (Å²) in [6, 6.07) is 9.06. The van der Waals surface area contributed by atoms with Crippen LogP contribution in [0.3, 0.4) is 0 Å². The van der Waals surface area contributed by atoms with Crippen molar-refractivity contribution in [3.8, 4) is 0 Å². The number of anilines is 1. The molecule has 1 aromatic carbocycles. The van der Waals surface area contributed by atoms with E-state index in [9.17, 15) is 4.79 Å². The van der Waals surface area contributed by atoms with Gasteiger partial charge in [-0.05, 0) is 71.0 Å². The summed E-state index contributed by atoms with van der Waals surface area (Å²) in [6.07, 6.45) is 11.3. The number of likely N-dealkylation sites (N-methyl/N-ethyl adjacent to an activating group) is 1. The van der Waals surface area contributed by atoms with Gasteiger partial charge in [-0.25, -0.2) is 9.98 Å². The van der Waals surface area contributed by atoms with Crippen molar-refractivity contribution in [2.24, 2.45) is 15.0 Å². The molecule has 0 spiro atoms. The largest absolute Gasteiger partial charge is 0.356 e. The van der Waals surface area contributed by atoms with Gasteiger partial charge in [0.15, 0.2) is 5.82 Å². The van der Waals surface area contributed by atoms with E-state index in [0.29, 0.717) is 12.0 Å². The van der Waals surface area contributed by atoms with Gasteiger partial charge in [-0.1, -0.05) is 31.5 Å². The number of amides is 1. The van der Waals surface area contributed by atoms with E-state index in [1.807, 2.05) is 20.9 Å². The molecule has 1 aromatic rings. The van der Waals surface area contributed by atoms with Gasteiger partial charge in [-0.15, -0.1) is 8.58 Å². The van der Waals surface area contributed by atoms with Crippen molar-refractivity contribution in [2.45, 2.75) is 65.3 Å². The molecule has 1 saturated heterocycles. The lowest BCUT2D eigenvalue weighted by molar-refractivity contribution is -0.110. The molecule has 3 rings (SSSR count). The number of nitrogens with one attached hydrogen (secondary N) is 2. The number of fused-ring (bicyclic) bond motifs is 1. The van der Waals surface area contributed by atoms with Crippen LogP contribution in [0.5, 0.6) is 0 Å². The van der Waals surface area contributed by atoms with Gasteiger partial charge in [-0.2, -0.15) is 0 Å². The van der Waals surface area contributed by atoms with Crippen LogP contribution >= 0.6 is 8.58 Å². The summed E-state index contributed by atoms with van der Waals surface area (Å²) in [7, 11) is 3.14. The van der Waals surface area contributed by atoms with E-state index in [4.69, 9.17) is 4.99 Å². The highest BCUT2D eigenvalue weighted by Gasteiger charge is 2.30. The number of hydrogen-bond acceptors (Lipinski definition) is 5. The molecule has 1 fully saturated rings. The van der Waals surface area contributed by atoms with Gasteiger partial charge < -0.3 is 15.5 Å². The van der Waals surface area contributed by atoms with Crippen LogP contribution in [-0.4, -0.2) is 63.2 Å². The predicted octanol–water partition coefficient (Wildman–Crippen LogP) is 4.95. The summed E-state index contributed by atoms with van der Waals surface area (Å²) in [5.41, 5.74) is 4.63. The number of para-hydroxylation sites is 1. The third-order valence-corrected chi connectivity index (χ3v) is 7.39. The average molecular weight is 499 g/mol. The minimum atomic E-state index is 0.435. The molecule has 0 saturated carbocycles. The zero-order valence-electron chi connectivity index (χ0n) is 22.1. The summed E-state index contributed by atoms with van der Waals surface area (Å²) in [5.74, 6) is 1.31. The Morgan fingerprint density at radius 3 is 2.63 bits per heavy atom. The molecule has 2 aliphatic rings. The van der Waals surface area contributed by atoms with Crippen LogP contribution in [0.2, 0.25) is 0 Å². The summed E-state index contributed by atoms with van der Waals surface area (Å²) in [5, 5.41) is 6.12. The molecule has 2 aliphatic heterocycles. The Labute approximate surface area is 213 Å². The van der Waals surface area contributed by atoms with E-state index in [0.717, 1.165) is 58.2 Å². The van der Waals surface area contributed by atoms with E-state index in [1.54, 1.807) is 12.6 Å². The number of carbonyl (C=O) groups excluding carboxylic acids is 1. The van der Waals surface area contributed by atoms with E-state index in [2.05, 4.69) is 63.6 Å². The highest BCUT2D eigenvalue weighted by Crippen LogP contribution is 2.39. The second-order valence-electron chi connectivity index (χ2n) is 8.89. The Morgan fingerprint density at radius 1 is 1.23 bits per heavy atom. The van der Waals surface area contributed by atoms with Crippen molar-refractivity contribution in [3.63, 3.8) is 0 Å². The Bertz CT molecular complexity index is 905. The molecule has 0 aliphatic carbocycles. The van der Waals surface area contributed by atoms with Gasteiger partial charge in [0.2, 0.25) is 6.41 Å². The number of aliphatic imine (C=N–C) groups is 3. The van der Waals surface area contributed by atoms with Crippen LogP contribution in [0, 0.1) is 0 Å². The van der Waals surface area contributed by atoms with Gasteiger partial charge in [0.05, 0.1) is 5.70 Å². The molecule has 0 bridgehead atoms. The number of nitrogens with zero attached hydrogens (tertiary/aromatic N) is 4. The van der Waals surface area contributed by atoms with E-state index >= 15 is 0 Å². The molecule has 1 unspecified atom stereocenters. The van der Waals surface area contributed by atoms with Crippen molar-refractivity contribution in [1.29, 1.82) is 0 Å². The Balaban J connectivity index is 0.000000402. The number of benzene rings is 1. The predicted molar refractivity (Wildman–Crippen MR) is 154 cm³/mol. The third-order valence-electron chi connectivity index (χ3n) is 6.11. The normalized spacial score (nSPS) is 21.6. The minimum absolute atomic E-state index is 0.435. The quantitative estimate of drug-likeness (QED) is 0.207. The smallest absolute Gasteiger partial charge is 0.207 e. The van der Waals surface area contributed by atoms with Gasteiger partial charge >= 0.3 is 0 Å². The number of rotatable bonds is 10. The van der Waals surface area contributed by atoms with Gasteiger partial charge in [0.25, 0.3) is 0 Å². The molecular formula is C27H43N6OP. The fraction of sp³-hybridized carbons (Fsp3) is 0.556. The molecule has 0 radical (unpaired) electrons. The first-order valence-corrected chi connectivity index (χ1v) is 14.1. The van der Waals surface area contributed by atoms with E-state index in [1.165, 1.54) is 36.4 Å². The van der Waals surface area contributed by atoms with Crippen LogP contribution in [0.4, 0.5) is 5.69 Å². The summed E-state index contributed by atoms with van der Waals surface area (Å²) in [4.78, 5) is 25.9. The Morgan fingerprint density at radius 2 is 1.97 bits per heavy atom. The molecule has 1 amide bonds. The van der Waals surface area contributed by atoms with Gasteiger partial charge in [0, 0.05) is 42.7 Å². The van der Waals surface area contributed by atoms with Crippen LogP contribution in [0.25, 0.3) is 0 Å². The van der Waals surface area contributed by atoms with Gasteiger partial charge in [0.1, 0.15) is 6.34 Å². The standard InChI is InChI=1S/C21H31N5.C6H12NOP/c1-6-10-16(3)25-17(4)21(24-15-23-7-2)26-14-18(13-22-5)19-11-8-9-12-20(19)26;8-5-7-6-1-3-9-4-2-6/h7-9,11-12,15,18,22H,6,10,13-14H2,1-5H3;5-6,9H,1-4H2,(H,7,8)/b21-17-,23-7?,24-15-,25-16?;. The maximum absolute atomic E-state index is 9.96. The van der Waals surface area contributed by atoms with Crippen LogP contribution in [0.1, 0.15) is 64.9 Å². The van der Waals surface area contributed by atoms with Crippen LogP contribution in [0.15, 0.2) is 50.8 Å². The first-order valence-electron chi connectivity index (χ1n) is 12.7. The maximum Gasteiger partial charge on any atom is 0.207 e. The first-order chi connectivity index (χ1) is 17.0. The third kappa shape index (κ3) is 9.30. The van der Waals surface area contributed by atoms with Crippen LogP contribution in [-0.2, 0) is 4.79 Å². The molecule has 0 aromatic heterocycles. The van der Waals surface area contributed by atoms with Crippen molar-refractivity contribution in [2.75, 3.05) is 37.4 Å². The summed E-state index contributed by atoms with van der Waals surface area (Å²) >= 11 is 0. The zero-order valence-corrected chi connectivity index (χ0v) is 23.1. The summed E-state index contributed by atoms with van der Waals surface area (Å²) in [6.45, 7) is 10.0. The second kappa shape index (κ2) is 16.3. The lowest BCUT2D eigenvalue weighted by Crippen LogP contribution is -2.30. The lowest BCUT2D eigenvalue weighted by atomic mass is 10.0. The monoisotopic (exact) mass is 498 g/mol. The lowest BCUT2D eigenvalue weighted by Gasteiger charge is -2.21. The molecule has 35 heavy (non-hydrogen) atoms. The fourth-order valence-electron chi connectivity index (χ4n) is 4.47. The highest BCUT2D eigenvalue weighted by molar-refractivity contribution is 7.38. The topological polar surface area (TPSA) is 81.5 Å². The highest BCUT2D eigenvalue weighted by atomic mass is 31.1. The Kier molecular flexibility index (Phi) is 13.5. The Hall–Kier alpha value is -2.37. The van der Waals surface area contributed by atoms with Crippen molar-refractivity contribution >= 4 is 38.9 Å². The van der Waals surface area contributed by atoms with Crippen molar-refractivity contribution in [1.82, 2.24) is 10.6 Å². The number of hydrogen-bond donors (Lipinski definition) is 2. The SMILES string of the molecule is CC=N/C=N\C(=C(/C)N=C(C)CCC)N1CC(CNC)c2ccccc21.O=CNC1CCPCC1. The molecule has 8 heteroatoms. The number of carbonyl (C=O) groups is 1. The fourth-order valence-corrected chi connectivity index (χ4v) is 5.82. The first kappa shape index (κ1) is 28.9. The van der Waals surface area contributed by atoms with E-state index < -0.39 is 0 Å². The maximum atomic E-state index is 9.96. The van der Waals surface area contributed by atoms with Crippen LogP contribution < -0.4 is 15.5 Å². The minimum Gasteiger partial charge on any atom is -0.356 e. The second-order valence-corrected chi connectivity index (χ2v) is 10.4. The molecule has 2 N–H and O–H groups in total. The molecule has 1 atom stereocenters. The zero-order chi connectivity index (χ0) is 25.5. The molecule has 192 valence electrons. The molecule has 2 heterocycles. The van der Waals surface area contributed by atoms with Crippen molar-refractivity contribution < 1.29 is 4.79 Å². The number of allylic oxidation sites excluding steroid dienone is 1. The molecular weight excluding hydrogens is 455 g/mol. The van der Waals surface area contributed by atoms with Gasteiger partial charge in [-0.3, -0.25) is 9.79 Å². The molecule has 7 nitrogen and oxygen atoms in total.